The number of likely N-dealkylation sites (N-methyl/N-ethyl adjacent to an activating group) is 1. The number of carbonyl (C=O) groups excluding carboxylic acids is 1. The molecule has 0 radical (unpaired) electrons. The fraction of sp³-hybridized carbons (Fsp3) is 0.562. The van der Waals surface area contributed by atoms with Crippen molar-refractivity contribution >= 4 is 17.7 Å². The molecule has 1 amide bonds. The standard InChI is InChI=1S/C16H23N3OS/c1-18(12-16(20)19-9-7-17-8-10-19)14-6-11-21-15-5-3-2-4-13(14)15/h2-5,14,17H,6-12H2,1H3. The zero-order valence-electron chi connectivity index (χ0n) is 12.5. The molecule has 0 spiro atoms. The van der Waals surface area contributed by atoms with Crippen molar-refractivity contribution in [1.82, 2.24) is 15.1 Å². The number of thioether (sulfide) groups is 1. The smallest absolute Gasteiger partial charge is 0.236 e. The van der Waals surface area contributed by atoms with Crippen LogP contribution in [-0.2, 0) is 4.79 Å². The van der Waals surface area contributed by atoms with E-state index in [1.807, 2.05) is 16.7 Å². The van der Waals surface area contributed by atoms with E-state index in [0.29, 0.717) is 12.6 Å². The minimum absolute atomic E-state index is 0.259. The number of fused-ring (bicyclic) bond motifs is 1. The highest BCUT2D eigenvalue weighted by Crippen LogP contribution is 2.38. The lowest BCUT2D eigenvalue weighted by molar-refractivity contribution is -0.133. The highest BCUT2D eigenvalue weighted by molar-refractivity contribution is 7.99. The van der Waals surface area contributed by atoms with Gasteiger partial charge in [0.05, 0.1) is 6.54 Å². The molecule has 3 rings (SSSR count). The predicted molar refractivity (Wildman–Crippen MR) is 86.6 cm³/mol. The zero-order chi connectivity index (χ0) is 14.7. The van der Waals surface area contributed by atoms with Gasteiger partial charge in [0, 0.05) is 37.1 Å². The van der Waals surface area contributed by atoms with Gasteiger partial charge in [0.2, 0.25) is 5.91 Å². The third-order valence-corrected chi connectivity index (χ3v) is 5.44. The van der Waals surface area contributed by atoms with Crippen LogP contribution in [0, 0.1) is 0 Å². The molecule has 1 saturated heterocycles. The lowest BCUT2D eigenvalue weighted by atomic mass is 10.0. The Morgan fingerprint density at radius 2 is 2.14 bits per heavy atom. The molecule has 1 unspecified atom stereocenters. The van der Waals surface area contributed by atoms with Crippen LogP contribution in [0.3, 0.4) is 0 Å². The Kier molecular flexibility index (Phi) is 4.83. The fourth-order valence-corrected chi connectivity index (χ4v) is 4.23. The molecule has 1 aromatic carbocycles. The van der Waals surface area contributed by atoms with Gasteiger partial charge in [-0.2, -0.15) is 0 Å². The average Bonchev–Trinajstić information content (AvgIpc) is 2.55. The highest BCUT2D eigenvalue weighted by atomic mass is 32.2. The Balaban J connectivity index is 1.65. The van der Waals surface area contributed by atoms with Crippen molar-refractivity contribution in [3.63, 3.8) is 0 Å². The topological polar surface area (TPSA) is 35.6 Å². The summed E-state index contributed by atoms with van der Waals surface area (Å²) < 4.78 is 0. The minimum Gasteiger partial charge on any atom is -0.339 e. The summed E-state index contributed by atoms with van der Waals surface area (Å²) in [4.78, 5) is 18.0. The number of benzene rings is 1. The number of rotatable bonds is 3. The van der Waals surface area contributed by atoms with Crippen LogP contribution in [-0.4, -0.2) is 61.2 Å². The van der Waals surface area contributed by atoms with E-state index in [1.165, 1.54) is 10.5 Å². The van der Waals surface area contributed by atoms with Crippen LogP contribution in [0.15, 0.2) is 29.2 Å². The van der Waals surface area contributed by atoms with Crippen LogP contribution in [0.4, 0.5) is 0 Å². The van der Waals surface area contributed by atoms with Crippen molar-refractivity contribution in [3.05, 3.63) is 29.8 Å². The second kappa shape index (κ2) is 6.81. The first-order valence-corrected chi connectivity index (χ1v) is 8.65. The molecule has 1 atom stereocenters. The fourth-order valence-electron chi connectivity index (χ4n) is 3.12. The van der Waals surface area contributed by atoms with E-state index in [0.717, 1.165) is 38.4 Å². The van der Waals surface area contributed by atoms with Gasteiger partial charge in [-0.1, -0.05) is 18.2 Å². The van der Waals surface area contributed by atoms with Crippen molar-refractivity contribution in [3.8, 4) is 0 Å². The molecular formula is C16H23N3OS. The maximum atomic E-state index is 12.4. The molecule has 114 valence electrons. The summed E-state index contributed by atoms with van der Waals surface area (Å²) in [6.07, 6.45) is 1.12. The molecule has 1 N–H and O–H groups in total. The van der Waals surface area contributed by atoms with Crippen LogP contribution < -0.4 is 5.32 Å². The van der Waals surface area contributed by atoms with Crippen LogP contribution in [0.1, 0.15) is 18.0 Å². The van der Waals surface area contributed by atoms with Gasteiger partial charge in [-0.15, -0.1) is 11.8 Å². The van der Waals surface area contributed by atoms with Gasteiger partial charge in [0.15, 0.2) is 0 Å². The Morgan fingerprint density at radius 3 is 2.95 bits per heavy atom. The Morgan fingerprint density at radius 1 is 1.38 bits per heavy atom. The molecule has 21 heavy (non-hydrogen) atoms. The maximum absolute atomic E-state index is 12.4. The van der Waals surface area contributed by atoms with Gasteiger partial charge in [-0.25, -0.2) is 0 Å². The normalized spacial score (nSPS) is 22.2. The largest absolute Gasteiger partial charge is 0.339 e. The van der Waals surface area contributed by atoms with Crippen molar-refractivity contribution in [2.45, 2.75) is 17.4 Å². The second-order valence-electron chi connectivity index (χ2n) is 5.74. The molecule has 1 aromatic rings. The van der Waals surface area contributed by atoms with Crippen molar-refractivity contribution in [2.75, 3.05) is 45.5 Å². The summed E-state index contributed by atoms with van der Waals surface area (Å²) in [6.45, 7) is 4.02. The maximum Gasteiger partial charge on any atom is 0.236 e. The number of carbonyl (C=O) groups is 1. The number of hydrogen-bond acceptors (Lipinski definition) is 4. The molecule has 0 saturated carbocycles. The predicted octanol–water partition coefficient (Wildman–Crippen LogP) is 1.59. The van der Waals surface area contributed by atoms with Crippen molar-refractivity contribution < 1.29 is 4.79 Å². The summed E-state index contributed by atoms with van der Waals surface area (Å²) in [7, 11) is 2.08. The summed E-state index contributed by atoms with van der Waals surface area (Å²) in [5, 5.41) is 3.29. The van der Waals surface area contributed by atoms with Gasteiger partial charge in [0.25, 0.3) is 0 Å². The molecule has 0 aliphatic carbocycles. The Hall–Kier alpha value is -1.04. The van der Waals surface area contributed by atoms with Crippen LogP contribution >= 0.6 is 11.8 Å². The van der Waals surface area contributed by atoms with Gasteiger partial charge in [-0.3, -0.25) is 9.69 Å². The summed E-state index contributed by atoms with van der Waals surface area (Å²) >= 11 is 1.93. The first-order chi connectivity index (χ1) is 10.3. The van der Waals surface area contributed by atoms with E-state index in [2.05, 4.69) is 41.5 Å². The molecule has 2 aliphatic rings. The first-order valence-electron chi connectivity index (χ1n) is 7.66. The van der Waals surface area contributed by atoms with Gasteiger partial charge < -0.3 is 10.2 Å². The molecule has 4 nitrogen and oxygen atoms in total. The van der Waals surface area contributed by atoms with E-state index in [1.54, 1.807) is 0 Å². The molecule has 1 fully saturated rings. The van der Waals surface area contributed by atoms with Crippen LogP contribution in [0.5, 0.6) is 0 Å². The van der Waals surface area contributed by atoms with Crippen LogP contribution in [0.25, 0.3) is 0 Å². The number of hydrogen-bond donors (Lipinski definition) is 1. The zero-order valence-corrected chi connectivity index (χ0v) is 13.4. The van der Waals surface area contributed by atoms with E-state index in [-0.39, 0.29) is 5.91 Å². The number of piperazine rings is 1. The summed E-state index contributed by atoms with van der Waals surface area (Å²) in [6, 6.07) is 8.97. The van der Waals surface area contributed by atoms with Crippen molar-refractivity contribution in [1.29, 1.82) is 0 Å². The number of nitrogens with one attached hydrogen (secondary N) is 1. The SMILES string of the molecule is CN(CC(=O)N1CCNCC1)C1CCSc2ccccc21. The Bertz CT molecular complexity index is 502. The lowest BCUT2D eigenvalue weighted by Gasteiger charge is -2.35. The molecular weight excluding hydrogens is 282 g/mol. The van der Waals surface area contributed by atoms with E-state index >= 15 is 0 Å². The molecule has 5 heteroatoms. The molecule has 2 heterocycles. The second-order valence-corrected chi connectivity index (χ2v) is 6.87. The molecule has 0 bridgehead atoms. The summed E-state index contributed by atoms with van der Waals surface area (Å²) in [5.41, 5.74) is 1.38. The molecule has 2 aliphatic heterocycles. The summed E-state index contributed by atoms with van der Waals surface area (Å²) in [5.74, 6) is 1.39. The van der Waals surface area contributed by atoms with Gasteiger partial charge in [0.1, 0.15) is 0 Å². The van der Waals surface area contributed by atoms with Gasteiger partial charge >= 0.3 is 0 Å². The Labute approximate surface area is 130 Å². The van der Waals surface area contributed by atoms with E-state index in [4.69, 9.17) is 0 Å². The molecule has 0 aromatic heterocycles. The lowest BCUT2D eigenvalue weighted by Crippen LogP contribution is -2.49. The third kappa shape index (κ3) is 3.42. The highest BCUT2D eigenvalue weighted by Gasteiger charge is 2.26. The number of nitrogens with zero attached hydrogens (tertiary/aromatic N) is 2. The van der Waals surface area contributed by atoms with Gasteiger partial charge in [-0.05, 0) is 30.9 Å². The van der Waals surface area contributed by atoms with Crippen LogP contribution in [0.2, 0.25) is 0 Å². The van der Waals surface area contributed by atoms with Crippen molar-refractivity contribution in [2.24, 2.45) is 0 Å². The quantitative estimate of drug-likeness (QED) is 0.920. The average molecular weight is 305 g/mol. The minimum atomic E-state index is 0.259. The van der Waals surface area contributed by atoms with E-state index < -0.39 is 0 Å². The first kappa shape index (κ1) is 14.9. The monoisotopic (exact) mass is 305 g/mol. The van der Waals surface area contributed by atoms with E-state index in [9.17, 15) is 4.79 Å². The third-order valence-electron chi connectivity index (χ3n) is 4.31. The number of amides is 1.